The molecule has 0 aliphatic carbocycles. The van der Waals surface area contributed by atoms with Gasteiger partial charge in [-0.2, -0.15) is 5.10 Å². The Labute approximate surface area is 115 Å². The molecule has 0 aliphatic heterocycles. The molecule has 2 aromatic heterocycles. The summed E-state index contributed by atoms with van der Waals surface area (Å²) in [6.45, 7) is 3.03. The predicted octanol–water partition coefficient (Wildman–Crippen LogP) is 2.55. The number of aromatic nitrogens is 3. The van der Waals surface area contributed by atoms with Crippen LogP contribution >= 0.6 is 15.9 Å². The minimum absolute atomic E-state index is 0.108. The van der Waals surface area contributed by atoms with Crippen LogP contribution in [0.3, 0.4) is 0 Å². The van der Waals surface area contributed by atoms with Crippen LogP contribution in [0.5, 0.6) is 0 Å². The number of aryl methyl sites for hydroxylation is 1. The maximum atomic E-state index is 5.58. The first-order chi connectivity index (χ1) is 8.74. The topological polar surface area (TPSA) is 55.9 Å². The van der Waals surface area contributed by atoms with E-state index in [1.807, 2.05) is 23.9 Å². The third-order valence-corrected chi connectivity index (χ3v) is 3.23. The Balaban J connectivity index is 2.12. The first kappa shape index (κ1) is 13.3. The summed E-state index contributed by atoms with van der Waals surface area (Å²) < 4.78 is 8.27. The monoisotopic (exact) mass is 312 g/mol. The van der Waals surface area contributed by atoms with E-state index in [4.69, 9.17) is 4.42 Å². The van der Waals surface area contributed by atoms with E-state index in [9.17, 15) is 0 Å². The van der Waals surface area contributed by atoms with Gasteiger partial charge in [-0.1, -0.05) is 6.92 Å². The third kappa shape index (κ3) is 3.00. The van der Waals surface area contributed by atoms with Crippen molar-refractivity contribution in [3.05, 3.63) is 34.7 Å². The summed E-state index contributed by atoms with van der Waals surface area (Å²) in [6, 6.07) is 3.97. The Kier molecular flexibility index (Phi) is 4.54. The van der Waals surface area contributed by atoms with Gasteiger partial charge in [-0.3, -0.25) is 4.68 Å². The number of nitrogens with one attached hydrogen (secondary N) is 1. The molecule has 0 amide bonds. The number of rotatable bonds is 6. The normalized spacial score (nSPS) is 12.8. The Morgan fingerprint density at radius 1 is 1.50 bits per heavy atom. The van der Waals surface area contributed by atoms with Gasteiger partial charge in [0, 0.05) is 13.0 Å². The molecular weight excluding hydrogens is 296 g/mol. The highest BCUT2D eigenvalue weighted by Crippen LogP contribution is 2.22. The molecule has 0 aromatic carbocycles. The van der Waals surface area contributed by atoms with Gasteiger partial charge in [0.05, 0.1) is 6.04 Å². The van der Waals surface area contributed by atoms with Crippen molar-refractivity contribution in [2.45, 2.75) is 32.4 Å². The molecule has 2 heterocycles. The molecule has 0 aliphatic rings. The number of likely N-dealkylation sites (N-methyl/N-ethyl adjacent to an activating group) is 1. The molecule has 0 bridgehead atoms. The quantitative estimate of drug-likeness (QED) is 0.890. The van der Waals surface area contributed by atoms with Gasteiger partial charge in [0.25, 0.3) is 0 Å². The molecule has 5 nitrogen and oxygen atoms in total. The van der Waals surface area contributed by atoms with E-state index in [0.717, 1.165) is 35.6 Å². The minimum atomic E-state index is 0.108. The van der Waals surface area contributed by atoms with Gasteiger partial charge in [0.2, 0.25) is 0 Å². The molecular formula is C12H17BrN4O. The van der Waals surface area contributed by atoms with Gasteiger partial charge in [-0.05, 0) is 41.5 Å². The van der Waals surface area contributed by atoms with Gasteiger partial charge in [-0.25, -0.2) is 4.98 Å². The summed E-state index contributed by atoms with van der Waals surface area (Å²) in [5.74, 6) is 1.87. The van der Waals surface area contributed by atoms with E-state index in [2.05, 4.69) is 38.3 Å². The molecule has 0 radical (unpaired) electrons. The Hall–Kier alpha value is -1.14. The van der Waals surface area contributed by atoms with E-state index in [-0.39, 0.29) is 6.04 Å². The van der Waals surface area contributed by atoms with E-state index in [1.54, 1.807) is 6.33 Å². The Morgan fingerprint density at radius 3 is 2.94 bits per heavy atom. The number of nitrogens with zero attached hydrogens (tertiary/aromatic N) is 3. The first-order valence-corrected chi connectivity index (χ1v) is 6.83. The lowest BCUT2D eigenvalue weighted by molar-refractivity contribution is 0.406. The van der Waals surface area contributed by atoms with Gasteiger partial charge in [0.1, 0.15) is 17.9 Å². The molecule has 0 saturated carbocycles. The summed E-state index contributed by atoms with van der Waals surface area (Å²) in [6.07, 6.45) is 3.42. The molecule has 0 saturated heterocycles. The molecule has 18 heavy (non-hydrogen) atoms. The summed E-state index contributed by atoms with van der Waals surface area (Å²) >= 11 is 3.32. The molecule has 1 unspecified atom stereocenters. The van der Waals surface area contributed by atoms with Crippen molar-refractivity contribution in [2.24, 2.45) is 0 Å². The van der Waals surface area contributed by atoms with Crippen molar-refractivity contribution in [1.29, 1.82) is 0 Å². The minimum Gasteiger partial charge on any atom is -0.453 e. The fraction of sp³-hybridized carbons (Fsp3) is 0.500. The van der Waals surface area contributed by atoms with Crippen LogP contribution < -0.4 is 5.32 Å². The van der Waals surface area contributed by atoms with Crippen molar-refractivity contribution in [3.8, 4) is 0 Å². The number of hydrogen-bond donors (Lipinski definition) is 1. The van der Waals surface area contributed by atoms with Crippen molar-refractivity contribution >= 4 is 15.9 Å². The van der Waals surface area contributed by atoms with E-state index in [1.165, 1.54) is 0 Å². The third-order valence-electron chi connectivity index (χ3n) is 2.80. The maximum Gasteiger partial charge on any atom is 0.169 e. The summed E-state index contributed by atoms with van der Waals surface area (Å²) in [4.78, 5) is 4.31. The fourth-order valence-electron chi connectivity index (χ4n) is 1.89. The van der Waals surface area contributed by atoms with Gasteiger partial charge in [0.15, 0.2) is 4.67 Å². The second kappa shape index (κ2) is 6.15. The van der Waals surface area contributed by atoms with Crippen LogP contribution in [0.4, 0.5) is 0 Å². The van der Waals surface area contributed by atoms with Gasteiger partial charge in [-0.15, -0.1) is 0 Å². The highest BCUT2D eigenvalue weighted by molar-refractivity contribution is 9.10. The van der Waals surface area contributed by atoms with Crippen LogP contribution in [-0.4, -0.2) is 21.8 Å². The predicted molar refractivity (Wildman–Crippen MR) is 72.2 cm³/mol. The average Bonchev–Trinajstić information content (AvgIpc) is 2.96. The first-order valence-electron chi connectivity index (χ1n) is 6.03. The van der Waals surface area contributed by atoms with Crippen molar-refractivity contribution < 1.29 is 4.42 Å². The van der Waals surface area contributed by atoms with Crippen molar-refractivity contribution in [1.82, 2.24) is 20.1 Å². The lowest BCUT2D eigenvalue weighted by atomic mass is 10.1. The zero-order valence-corrected chi connectivity index (χ0v) is 12.1. The SMILES string of the molecule is CCCn1ncnc1CC(NC)c1ccc(Br)o1. The molecule has 0 spiro atoms. The highest BCUT2D eigenvalue weighted by Gasteiger charge is 2.17. The van der Waals surface area contributed by atoms with Gasteiger partial charge < -0.3 is 9.73 Å². The second-order valence-electron chi connectivity index (χ2n) is 4.09. The summed E-state index contributed by atoms with van der Waals surface area (Å²) in [5, 5.41) is 7.47. The van der Waals surface area contributed by atoms with Crippen LogP contribution in [0.25, 0.3) is 0 Å². The standard InChI is InChI=1S/C12H17BrN4O/c1-3-6-17-12(15-8-16-17)7-9(14-2)10-4-5-11(13)18-10/h4-5,8-9,14H,3,6-7H2,1-2H3. The van der Waals surface area contributed by atoms with E-state index in [0.29, 0.717) is 0 Å². The zero-order valence-electron chi connectivity index (χ0n) is 10.6. The maximum absolute atomic E-state index is 5.58. The number of furan rings is 1. The van der Waals surface area contributed by atoms with Crippen LogP contribution in [0, 0.1) is 0 Å². The fourth-order valence-corrected chi connectivity index (χ4v) is 2.21. The number of hydrogen-bond acceptors (Lipinski definition) is 4. The van der Waals surface area contributed by atoms with Crippen LogP contribution in [0.15, 0.2) is 27.5 Å². The molecule has 6 heteroatoms. The highest BCUT2D eigenvalue weighted by atomic mass is 79.9. The van der Waals surface area contributed by atoms with Crippen LogP contribution in [0.1, 0.15) is 31.0 Å². The van der Waals surface area contributed by atoms with Crippen LogP contribution in [0.2, 0.25) is 0 Å². The molecule has 1 atom stereocenters. The smallest absolute Gasteiger partial charge is 0.169 e. The summed E-state index contributed by atoms with van der Waals surface area (Å²) in [5.41, 5.74) is 0. The van der Waals surface area contributed by atoms with Crippen molar-refractivity contribution in [2.75, 3.05) is 7.05 Å². The van der Waals surface area contributed by atoms with Crippen LogP contribution in [-0.2, 0) is 13.0 Å². The molecule has 98 valence electrons. The second-order valence-corrected chi connectivity index (χ2v) is 4.87. The lowest BCUT2D eigenvalue weighted by Crippen LogP contribution is -2.20. The average molecular weight is 313 g/mol. The van der Waals surface area contributed by atoms with E-state index < -0.39 is 0 Å². The zero-order chi connectivity index (χ0) is 13.0. The molecule has 2 aromatic rings. The lowest BCUT2D eigenvalue weighted by Gasteiger charge is -2.13. The van der Waals surface area contributed by atoms with Crippen molar-refractivity contribution in [3.63, 3.8) is 0 Å². The molecule has 2 rings (SSSR count). The Bertz CT molecular complexity index is 494. The van der Waals surface area contributed by atoms with E-state index >= 15 is 0 Å². The summed E-state index contributed by atoms with van der Waals surface area (Å²) in [7, 11) is 1.92. The molecule has 1 N–H and O–H groups in total. The van der Waals surface area contributed by atoms with Gasteiger partial charge >= 0.3 is 0 Å². The molecule has 0 fully saturated rings. The number of halogens is 1. The Morgan fingerprint density at radius 2 is 2.33 bits per heavy atom. The largest absolute Gasteiger partial charge is 0.453 e.